The van der Waals surface area contributed by atoms with Gasteiger partial charge in [-0.1, -0.05) is 29.1 Å². The average molecular weight is 231 g/mol. The molecule has 0 saturated carbocycles. The average Bonchev–Trinajstić information content (AvgIpc) is 2.33. The van der Waals surface area contributed by atoms with Gasteiger partial charge in [-0.3, -0.25) is 0 Å². The number of carbonyl (C=O) groups is 1. The highest BCUT2D eigenvalue weighted by Crippen LogP contribution is 2.16. The van der Waals surface area contributed by atoms with E-state index in [0.29, 0.717) is 11.3 Å². The number of rotatable bonds is 4. The van der Waals surface area contributed by atoms with Gasteiger partial charge in [-0.25, -0.2) is 4.79 Å². The van der Waals surface area contributed by atoms with Crippen molar-refractivity contribution in [2.45, 2.75) is 0 Å². The fraction of sp³-hybridized carbons (Fsp3) is 0.182. The van der Waals surface area contributed by atoms with Crippen LogP contribution in [0.25, 0.3) is 10.4 Å². The maximum Gasteiger partial charge on any atom is 0.341 e. The first-order chi connectivity index (χ1) is 8.24. The Labute approximate surface area is 97.5 Å². The molecule has 6 nitrogen and oxygen atoms in total. The number of carboxylic acids is 1. The number of carboxylic acid groups (broad SMARTS) is 1. The second kappa shape index (κ2) is 6.77. The molecule has 0 amide bonds. The third-order valence-corrected chi connectivity index (χ3v) is 1.67. The van der Waals surface area contributed by atoms with E-state index in [2.05, 4.69) is 21.9 Å². The van der Waals surface area contributed by atoms with Gasteiger partial charge in [0.1, 0.15) is 5.75 Å². The van der Waals surface area contributed by atoms with Gasteiger partial charge in [0, 0.05) is 4.91 Å². The van der Waals surface area contributed by atoms with Crippen LogP contribution in [0.3, 0.4) is 0 Å². The lowest BCUT2D eigenvalue weighted by Gasteiger charge is -2.04. The van der Waals surface area contributed by atoms with Crippen LogP contribution >= 0.6 is 0 Å². The standard InChI is InChI=1S/C11H9N3O3/c12-14-13-7-3-5-9-4-1-2-6-10(9)17-8-11(15)16/h1-2,4,6H,7-8H2,(H,15,16). The van der Waals surface area contributed by atoms with E-state index in [1.54, 1.807) is 24.3 Å². The molecule has 17 heavy (non-hydrogen) atoms. The number of hydrogen-bond donors (Lipinski definition) is 1. The van der Waals surface area contributed by atoms with Crippen molar-refractivity contribution in [2.24, 2.45) is 5.11 Å². The summed E-state index contributed by atoms with van der Waals surface area (Å²) in [6.45, 7) is -0.362. The third-order valence-electron chi connectivity index (χ3n) is 1.67. The Morgan fingerprint density at radius 3 is 3.00 bits per heavy atom. The Kier molecular flexibility index (Phi) is 4.95. The van der Waals surface area contributed by atoms with E-state index in [9.17, 15) is 4.79 Å². The SMILES string of the molecule is [N-]=[N+]=NCC#Cc1ccccc1OCC(=O)O. The van der Waals surface area contributed by atoms with Gasteiger partial charge in [0.05, 0.1) is 12.1 Å². The van der Waals surface area contributed by atoms with Gasteiger partial charge in [-0.2, -0.15) is 0 Å². The molecule has 1 rings (SSSR count). The summed E-state index contributed by atoms with van der Waals surface area (Å²) in [5, 5.41) is 11.8. The van der Waals surface area contributed by atoms with Crippen LogP contribution in [-0.2, 0) is 4.79 Å². The molecule has 1 N–H and O–H groups in total. The molecule has 0 spiro atoms. The van der Waals surface area contributed by atoms with Crippen molar-refractivity contribution in [2.75, 3.05) is 13.2 Å². The molecular formula is C11H9N3O3. The Bertz CT molecular complexity index is 510. The maximum atomic E-state index is 10.4. The monoisotopic (exact) mass is 231 g/mol. The van der Waals surface area contributed by atoms with Crippen LogP contribution < -0.4 is 4.74 Å². The van der Waals surface area contributed by atoms with Crippen molar-refractivity contribution >= 4 is 5.97 Å². The van der Waals surface area contributed by atoms with Crippen molar-refractivity contribution in [3.63, 3.8) is 0 Å². The molecule has 0 atom stereocenters. The molecule has 0 radical (unpaired) electrons. The smallest absolute Gasteiger partial charge is 0.341 e. The normalized spacial score (nSPS) is 8.47. The van der Waals surface area contributed by atoms with E-state index >= 15 is 0 Å². The number of hydrogen-bond acceptors (Lipinski definition) is 3. The minimum absolute atomic E-state index is 0.0593. The van der Waals surface area contributed by atoms with Crippen LogP contribution in [-0.4, -0.2) is 24.2 Å². The highest BCUT2D eigenvalue weighted by Gasteiger charge is 2.02. The summed E-state index contributed by atoms with van der Waals surface area (Å²) in [4.78, 5) is 12.9. The lowest BCUT2D eigenvalue weighted by Crippen LogP contribution is -2.10. The van der Waals surface area contributed by atoms with E-state index in [1.807, 2.05) is 0 Å². The number of azide groups is 1. The van der Waals surface area contributed by atoms with Crippen LogP contribution in [0.1, 0.15) is 5.56 Å². The quantitative estimate of drug-likeness (QED) is 0.370. The molecule has 6 heteroatoms. The molecule has 0 aliphatic carbocycles. The Hall–Kier alpha value is -2.64. The fourth-order valence-corrected chi connectivity index (χ4v) is 1.04. The topological polar surface area (TPSA) is 95.3 Å². The molecule has 0 unspecified atom stereocenters. The van der Waals surface area contributed by atoms with Crippen LogP contribution in [0, 0.1) is 11.8 Å². The Morgan fingerprint density at radius 2 is 2.29 bits per heavy atom. The molecule has 0 saturated heterocycles. The van der Waals surface area contributed by atoms with Gasteiger partial charge in [-0.05, 0) is 17.7 Å². The number of para-hydroxylation sites is 1. The fourth-order valence-electron chi connectivity index (χ4n) is 1.04. The van der Waals surface area contributed by atoms with E-state index in [4.69, 9.17) is 15.4 Å². The molecule has 0 fully saturated rings. The first-order valence-electron chi connectivity index (χ1n) is 4.67. The van der Waals surface area contributed by atoms with Crippen LogP contribution in [0.2, 0.25) is 0 Å². The lowest BCUT2D eigenvalue weighted by atomic mass is 10.2. The minimum atomic E-state index is -1.05. The molecular weight excluding hydrogens is 222 g/mol. The van der Waals surface area contributed by atoms with Crippen molar-refractivity contribution in [1.82, 2.24) is 0 Å². The van der Waals surface area contributed by atoms with Crippen LogP contribution in [0.5, 0.6) is 5.75 Å². The summed E-state index contributed by atoms with van der Waals surface area (Å²) in [6.07, 6.45) is 0. The largest absolute Gasteiger partial charge is 0.481 e. The zero-order valence-electron chi connectivity index (χ0n) is 8.83. The molecule has 0 aromatic heterocycles. The maximum absolute atomic E-state index is 10.4. The van der Waals surface area contributed by atoms with Crippen molar-refractivity contribution < 1.29 is 14.6 Å². The molecule has 86 valence electrons. The summed E-state index contributed by atoms with van der Waals surface area (Å²) in [7, 11) is 0. The molecule has 0 heterocycles. The molecule has 0 aliphatic heterocycles. The first-order valence-corrected chi connectivity index (χ1v) is 4.67. The van der Waals surface area contributed by atoms with Crippen molar-refractivity contribution in [1.29, 1.82) is 0 Å². The third kappa shape index (κ3) is 4.60. The Balaban J connectivity index is 2.78. The van der Waals surface area contributed by atoms with Gasteiger partial charge >= 0.3 is 5.97 Å². The van der Waals surface area contributed by atoms with Gasteiger partial charge < -0.3 is 9.84 Å². The Morgan fingerprint density at radius 1 is 1.53 bits per heavy atom. The second-order valence-corrected chi connectivity index (χ2v) is 2.87. The zero-order chi connectivity index (χ0) is 12.5. The highest BCUT2D eigenvalue weighted by molar-refractivity contribution is 5.68. The summed E-state index contributed by atoms with van der Waals surface area (Å²) >= 11 is 0. The van der Waals surface area contributed by atoms with E-state index in [0.717, 1.165) is 0 Å². The summed E-state index contributed by atoms with van der Waals surface area (Å²) in [5.41, 5.74) is 8.62. The number of nitrogens with zero attached hydrogens (tertiary/aromatic N) is 3. The summed E-state index contributed by atoms with van der Waals surface area (Å²) < 4.78 is 5.05. The molecule has 0 bridgehead atoms. The van der Waals surface area contributed by atoms with E-state index in [-0.39, 0.29) is 6.54 Å². The minimum Gasteiger partial charge on any atom is -0.481 e. The van der Waals surface area contributed by atoms with Gasteiger partial charge in [0.2, 0.25) is 0 Å². The predicted molar refractivity (Wildman–Crippen MR) is 60.5 cm³/mol. The zero-order valence-corrected chi connectivity index (χ0v) is 8.83. The highest BCUT2D eigenvalue weighted by atomic mass is 16.5. The lowest BCUT2D eigenvalue weighted by molar-refractivity contribution is -0.139. The van der Waals surface area contributed by atoms with E-state index < -0.39 is 12.6 Å². The predicted octanol–water partition coefficient (Wildman–Crippen LogP) is 1.81. The summed E-state index contributed by atoms with van der Waals surface area (Å²) in [5.74, 6) is 4.71. The van der Waals surface area contributed by atoms with Gasteiger partial charge in [0.25, 0.3) is 0 Å². The summed E-state index contributed by atoms with van der Waals surface area (Å²) in [6, 6.07) is 6.79. The number of aliphatic carboxylic acids is 1. The number of ether oxygens (including phenoxy) is 1. The van der Waals surface area contributed by atoms with Crippen LogP contribution in [0.15, 0.2) is 29.4 Å². The van der Waals surface area contributed by atoms with Gasteiger partial charge in [0.15, 0.2) is 6.61 Å². The van der Waals surface area contributed by atoms with Crippen molar-refractivity contribution in [3.8, 4) is 17.6 Å². The number of benzene rings is 1. The molecule has 1 aromatic carbocycles. The van der Waals surface area contributed by atoms with Crippen LogP contribution in [0.4, 0.5) is 0 Å². The van der Waals surface area contributed by atoms with Gasteiger partial charge in [-0.15, -0.1) is 0 Å². The molecule has 1 aromatic rings. The molecule has 0 aliphatic rings. The van der Waals surface area contributed by atoms with Crippen molar-refractivity contribution in [3.05, 3.63) is 40.3 Å². The second-order valence-electron chi connectivity index (χ2n) is 2.87. The van der Waals surface area contributed by atoms with E-state index in [1.165, 1.54) is 0 Å². The first kappa shape index (κ1) is 12.4.